The molecule has 0 aliphatic carbocycles. The van der Waals surface area contributed by atoms with E-state index in [2.05, 4.69) is 20.8 Å². The van der Waals surface area contributed by atoms with Crippen LogP contribution in [0.15, 0.2) is 24.3 Å². The maximum Gasteiger partial charge on any atom is 0.230 e. The summed E-state index contributed by atoms with van der Waals surface area (Å²) in [7, 11) is 0. The predicted octanol–water partition coefficient (Wildman–Crippen LogP) is 1.50. The van der Waals surface area contributed by atoms with E-state index in [4.69, 9.17) is 0 Å². The van der Waals surface area contributed by atoms with Gasteiger partial charge in [-0.15, -0.1) is 0 Å². The second-order valence-corrected chi connectivity index (χ2v) is 4.84. The summed E-state index contributed by atoms with van der Waals surface area (Å²) in [5, 5.41) is 13.2. The lowest BCUT2D eigenvalue weighted by molar-refractivity contribution is -0.115. The molecule has 0 spiro atoms. The van der Waals surface area contributed by atoms with Crippen LogP contribution in [0.3, 0.4) is 0 Å². The van der Waals surface area contributed by atoms with Crippen molar-refractivity contribution < 1.29 is 4.79 Å². The minimum Gasteiger partial charge on any atom is -0.309 e. The van der Waals surface area contributed by atoms with Crippen molar-refractivity contribution >= 4 is 11.7 Å². The van der Waals surface area contributed by atoms with Gasteiger partial charge in [-0.05, 0) is 12.5 Å². The number of carbonyl (C=O) groups is 1. The van der Waals surface area contributed by atoms with Gasteiger partial charge in [0.1, 0.15) is 0 Å². The molecule has 1 aromatic carbocycles. The van der Waals surface area contributed by atoms with Crippen molar-refractivity contribution in [3.05, 3.63) is 46.6 Å². The quantitative estimate of drug-likeness (QED) is 0.779. The van der Waals surface area contributed by atoms with Crippen LogP contribution >= 0.6 is 0 Å². The third-order valence-corrected chi connectivity index (χ3v) is 3.30. The van der Waals surface area contributed by atoms with E-state index in [1.807, 2.05) is 31.2 Å². The highest BCUT2D eigenvalue weighted by atomic mass is 16.1. The fraction of sp³-hybridized carbons (Fsp3) is 0.286. The van der Waals surface area contributed by atoms with Crippen LogP contribution in [-0.2, 0) is 24.3 Å². The van der Waals surface area contributed by atoms with Gasteiger partial charge >= 0.3 is 0 Å². The van der Waals surface area contributed by atoms with Crippen LogP contribution in [0.1, 0.15) is 22.4 Å². The third kappa shape index (κ3) is 2.51. The molecule has 2 aromatic rings. The molecule has 1 aromatic heterocycles. The first-order valence-corrected chi connectivity index (χ1v) is 6.34. The first-order chi connectivity index (χ1) is 9.22. The summed E-state index contributed by atoms with van der Waals surface area (Å²) in [5.74, 6) is 0.613. The minimum atomic E-state index is -0.0370. The maximum absolute atomic E-state index is 12.0. The van der Waals surface area contributed by atoms with Crippen LogP contribution in [0.25, 0.3) is 0 Å². The van der Waals surface area contributed by atoms with E-state index in [-0.39, 0.29) is 5.91 Å². The van der Waals surface area contributed by atoms with Gasteiger partial charge in [-0.25, -0.2) is 0 Å². The van der Waals surface area contributed by atoms with E-state index in [0.717, 1.165) is 29.9 Å². The summed E-state index contributed by atoms with van der Waals surface area (Å²) < 4.78 is 0. The first-order valence-electron chi connectivity index (χ1n) is 6.34. The lowest BCUT2D eigenvalue weighted by Gasteiger charge is -2.04. The minimum absolute atomic E-state index is 0.0370. The molecule has 0 bridgehead atoms. The van der Waals surface area contributed by atoms with Gasteiger partial charge in [-0.1, -0.05) is 29.8 Å². The monoisotopic (exact) mass is 256 g/mol. The lowest BCUT2D eigenvalue weighted by Crippen LogP contribution is -2.16. The van der Waals surface area contributed by atoms with Crippen LogP contribution in [0, 0.1) is 6.92 Å². The smallest absolute Gasteiger partial charge is 0.230 e. The second-order valence-electron chi connectivity index (χ2n) is 4.84. The van der Waals surface area contributed by atoms with Gasteiger partial charge in [0.25, 0.3) is 0 Å². The molecule has 3 rings (SSSR count). The van der Waals surface area contributed by atoms with Crippen molar-refractivity contribution in [2.45, 2.75) is 26.4 Å². The molecule has 19 heavy (non-hydrogen) atoms. The van der Waals surface area contributed by atoms with Crippen LogP contribution in [0.4, 0.5) is 5.82 Å². The van der Waals surface area contributed by atoms with Crippen molar-refractivity contribution in [3.63, 3.8) is 0 Å². The first kappa shape index (κ1) is 11.9. The Labute approximate surface area is 111 Å². The summed E-state index contributed by atoms with van der Waals surface area (Å²) in [6, 6.07) is 7.98. The van der Waals surface area contributed by atoms with Gasteiger partial charge in [-0.2, -0.15) is 5.10 Å². The Kier molecular flexibility index (Phi) is 3.05. The van der Waals surface area contributed by atoms with E-state index in [1.165, 1.54) is 5.56 Å². The molecule has 2 heterocycles. The number of aryl methyl sites for hydroxylation is 1. The van der Waals surface area contributed by atoms with Crippen molar-refractivity contribution in [1.29, 1.82) is 0 Å². The van der Waals surface area contributed by atoms with Gasteiger partial charge in [0.05, 0.1) is 12.1 Å². The Morgan fingerprint density at radius 2 is 2.11 bits per heavy atom. The SMILES string of the molecule is Cc1ccc(CC(=O)Nc2n[nH]c3c2CNC3)cc1. The molecule has 1 aliphatic heterocycles. The number of benzene rings is 1. The van der Waals surface area contributed by atoms with Gasteiger partial charge < -0.3 is 10.6 Å². The zero-order chi connectivity index (χ0) is 13.2. The van der Waals surface area contributed by atoms with Crippen LogP contribution in [0.2, 0.25) is 0 Å². The van der Waals surface area contributed by atoms with Gasteiger partial charge in [0.2, 0.25) is 5.91 Å². The van der Waals surface area contributed by atoms with Crippen molar-refractivity contribution in [2.75, 3.05) is 5.32 Å². The number of rotatable bonds is 3. The molecule has 0 fully saturated rings. The summed E-state index contributed by atoms with van der Waals surface area (Å²) in [5.41, 5.74) is 4.33. The Morgan fingerprint density at radius 1 is 1.32 bits per heavy atom. The maximum atomic E-state index is 12.0. The molecule has 5 heteroatoms. The summed E-state index contributed by atoms with van der Waals surface area (Å²) in [6.45, 7) is 3.58. The normalized spacial score (nSPS) is 13.3. The fourth-order valence-corrected chi connectivity index (χ4v) is 2.22. The molecule has 98 valence electrons. The zero-order valence-electron chi connectivity index (χ0n) is 10.8. The molecule has 1 amide bonds. The van der Waals surface area contributed by atoms with E-state index in [9.17, 15) is 4.79 Å². The molecule has 3 N–H and O–H groups in total. The van der Waals surface area contributed by atoms with Crippen molar-refractivity contribution in [3.8, 4) is 0 Å². The Morgan fingerprint density at radius 3 is 2.89 bits per heavy atom. The summed E-state index contributed by atoms with van der Waals surface area (Å²) in [4.78, 5) is 12.0. The third-order valence-electron chi connectivity index (χ3n) is 3.30. The average Bonchev–Trinajstić information content (AvgIpc) is 2.97. The summed E-state index contributed by atoms with van der Waals surface area (Å²) >= 11 is 0. The molecule has 0 unspecified atom stereocenters. The van der Waals surface area contributed by atoms with Gasteiger partial charge in [0, 0.05) is 18.7 Å². The summed E-state index contributed by atoms with van der Waals surface area (Å²) in [6.07, 6.45) is 0.370. The number of anilines is 1. The lowest BCUT2D eigenvalue weighted by atomic mass is 10.1. The number of hydrogen-bond donors (Lipinski definition) is 3. The Bertz CT molecular complexity index is 600. The number of aromatic nitrogens is 2. The topological polar surface area (TPSA) is 69.8 Å². The van der Waals surface area contributed by atoms with E-state index < -0.39 is 0 Å². The van der Waals surface area contributed by atoms with Gasteiger partial charge in [-0.3, -0.25) is 9.89 Å². The van der Waals surface area contributed by atoms with Crippen LogP contribution in [0.5, 0.6) is 0 Å². The number of nitrogens with one attached hydrogen (secondary N) is 3. The number of fused-ring (bicyclic) bond motifs is 1. The molecule has 0 radical (unpaired) electrons. The molecule has 0 saturated carbocycles. The van der Waals surface area contributed by atoms with Crippen LogP contribution in [-0.4, -0.2) is 16.1 Å². The van der Waals surface area contributed by atoms with E-state index in [0.29, 0.717) is 12.2 Å². The number of carbonyl (C=O) groups excluding carboxylic acids is 1. The molecular weight excluding hydrogens is 240 g/mol. The van der Waals surface area contributed by atoms with E-state index >= 15 is 0 Å². The number of H-pyrrole nitrogens is 1. The standard InChI is InChI=1S/C14H16N4O/c1-9-2-4-10(5-3-9)6-13(19)16-14-11-7-15-8-12(11)17-18-14/h2-5,15H,6-8H2,1H3,(H2,16,17,18,19). The number of nitrogens with zero attached hydrogens (tertiary/aromatic N) is 1. The molecule has 5 nitrogen and oxygen atoms in total. The molecule has 0 atom stereocenters. The predicted molar refractivity (Wildman–Crippen MR) is 72.6 cm³/mol. The van der Waals surface area contributed by atoms with Crippen LogP contribution < -0.4 is 10.6 Å². The number of aromatic amines is 1. The highest BCUT2D eigenvalue weighted by Gasteiger charge is 2.19. The highest BCUT2D eigenvalue weighted by Crippen LogP contribution is 2.20. The number of hydrogen-bond acceptors (Lipinski definition) is 3. The highest BCUT2D eigenvalue weighted by molar-refractivity contribution is 5.92. The average molecular weight is 256 g/mol. The largest absolute Gasteiger partial charge is 0.309 e. The second kappa shape index (κ2) is 4.85. The zero-order valence-corrected chi connectivity index (χ0v) is 10.8. The van der Waals surface area contributed by atoms with Gasteiger partial charge in [0.15, 0.2) is 5.82 Å². The van der Waals surface area contributed by atoms with Crippen molar-refractivity contribution in [2.24, 2.45) is 0 Å². The van der Waals surface area contributed by atoms with Crippen molar-refractivity contribution in [1.82, 2.24) is 15.5 Å². The van der Waals surface area contributed by atoms with E-state index in [1.54, 1.807) is 0 Å². The fourth-order valence-electron chi connectivity index (χ4n) is 2.22. The molecule has 0 saturated heterocycles. The Hall–Kier alpha value is -2.14. The number of amides is 1. The molecule has 1 aliphatic rings. The molecular formula is C14H16N4O. The Balaban J connectivity index is 1.66.